The molecule has 0 heterocycles. The SMILES string of the molecule is COC(C)CNc1cc(Cl)c([N+](=O)[O-])cc1C. The molecule has 1 rings (SSSR count). The van der Waals surface area contributed by atoms with E-state index in [0.717, 1.165) is 11.3 Å². The first-order valence-electron chi connectivity index (χ1n) is 5.17. The maximum absolute atomic E-state index is 10.7. The molecule has 6 heteroatoms. The molecule has 0 saturated heterocycles. The molecule has 1 aromatic rings. The van der Waals surface area contributed by atoms with Gasteiger partial charge in [0.2, 0.25) is 0 Å². The van der Waals surface area contributed by atoms with E-state index in [9.17, 15) is 10.1 Å². The molecule has 5 nitrogen and oxygen atoms in total. The molecule has 94 valence electrons. The van der Waals surface area contributed by atoms with E-state index in [1.807, 2.05) is 6.92 Å². The number of anilines is 1. The summed E-state index contributed by atoms with van der Waals surface area (Å²) in [5.41, 5.74) is 1.49. The number of aryl methyl sites for hydroxylation is 1. The van der Waals surface area contributed by atoms with Gasteiger partial charge in [-0.1, -0.05) is 11.6 Å². The van der Waals surface area contributed by atoms with Crippen LogP contribution in [0.4, 0.5) is 11.4 Å². The van der Waals surface area contributed by atoms with Crippen LogP contribution in [0.15, 0.2) is 12.1 Å². The van der Waals surface area contributed by atoms with E-state index in [0.29, 0.717) is 6.54 Å². The molecule has 17 heavy (non-hydrogen) atoms. The average molecular weight is 259 g/mol. The minimum Gasteiger partial charge on any atom is -0.382 e. The summed E-state index contributed by atoms with van der Waals surface area (Å²) in [5, 5.41) is 13.9. The lowest BCUT2D eigenvalue weighted by molar-refractivity contribution is -0.384. The van der Waals surface area contributed by atoms with Crippen molar-refractivity contribution in [3.8, 4) is 0 Å². The number of nitro benzene ring substituents is 1. The summed E-state index contributed by atoms with van der Waals surface area (Å²) < 4.78 is 5.10. The molecular weight excluding hydrogens is 244 g/mol. The Kier molecular flexibility index (Phi) is 4.72. The first-order chi connectivity index (χ1) is 7.95. The average Bonchev–Trinajstić information content (AvgIpc) is 2.28. The molecule has 0 saturated carbocycles. The number of halogens is 1. The van der Waals surface area contributed by atoms with E-state index in [-0.39, 0.29) is 16.8 Å². The Morgan fingerprint density at radius 2 is 2.24 bits per heavy atom. The van der Waals surface area contributed by atoms with Gasteiger partial charge < -0.3 is 10.1 Å². The lowest BCUT2D eigenvalue weighted by atomic mass is 10.1. The number of hydrogen-bond acceptors (Lipinski definition) is 4. The standard InChI is InChI=1S/C11H15ClN2O3/c1-7-4-11(14(15)16)9(12)5-10(7)13-6-8(2)17-3/h4-5,8,13H,6H2,1-3H3. The third-order valence-electron chi connectivity index (χ3n) is 2.47. The van der Waals surface area contributed by atoms with Gasteiger partial charge in [-0.25, -0.2) is 0 Å². The second-order valence-electron chi connectivity index (χ2n) is 3.80. The molecule has 1 unspecified atom stereocenters. The van der Waals surface area contributed by atoms with Crippen LogP contribution in [0.2, 0.25) is 5.02 Å². The zero-order valence-corrected chi connectivity index (χ0v) is 10.7. The van der Waals surface area contributed by atoms with Crippen LogP contribution in [0.5, 0.6) is 0 Å². The number of benzene rings is 1. The molecule has 1 atom stereocenters. The van der Waals surface area contributed by atoms with Gasteiger partial charge >= 0.3 is 0 Å². The Morgan fingerprint density at radius 3 is 2.76 bits per heavy atom. The smallest absolute Gasteiger partial charge is 0.288 e. The van der Waals surface area contributed by atoms with Gasteiger partial charge in [-0.2, -0.15) is 0 Å². The van der Waals surface area contributed by atoms with Crippen LogP contribution in [-0.4, -0.2) is 24.7 Å². The van der Waals surface area contributed by atoms with Gasteiger partial charge in [0.05, 0.1) is 11.0 Å². The zero-order valence-electron chi connectivity index (χ0n) is 9.99. The summed E-state index contributed by atoms with van der Waals surface area (Å²) in [6, 6.07) is 3.03. The predicted molar refractivity (Wildman–Crippen MR) is 67.8 cm³/mol. The third-order valence-corrected chi connectivity index (χ3v) is 2.78. The summed E-state index contributed by atoms with van der Waals surface area (Å²) in [4.78, 5) is 10.2. The van der Waals surface area contributed by atoms with Crippen LogP contribution >= 0.6 is 11.6 Å². The van der Waals surface area contributed by atoms with Crippen molar-refractivity contribution in [3.05, 3.63) is 32.8 Å². The van der Waals surface area contributed by atoms with Crippen molar-refractivity contribution in [1.29, 1.82) is 0 Å². The summed E-state index contributed by atoms with van der Waals surface area (Å²) in [5.74, 6) is 0. The number of nitrogens with zero attached hydrogens (tertiary/aromatic N) is 1. The highest BCUT2D eigenvalue weighted by Gasteiger charge is 2.15. The molecule has 0 aliphatic rings. The summed E-state index contributed by atoms with van der Waals surface area (Å²) >= 11 is 5.83. The largest absolute Gasteiger partial charge is 0.382 e. The number of ether oxygens (including phenoxy) is 1. The Hall–Kier alpha value is -1.33. The highest BCUT2D eigenvalue weighted by molar-refractivity contribution is 6.33. The highest BCUT2D eigenvalue weighted by atomic mass is 35.5. The fraction of sp³-hybridized carbons (Fsp3) is 0.455. The molecule has 0 bridgehead atoms. The van der Waals surface area contributed by atoms with Crippen molar-refractivity contribution in [2.24, 2.45) is 0 Å². The number of nitro groups is 1. The second-order valence-corrected chi connectivity index (χ2v) is 4.21. The first kappa shape index (κ1) is 13.7. The maximum Gasteiger partial charge on any atom is 0.288 e. The van der Waals surface area contributed by atoms with Crippen molar-refractivity contribution in [1.82, 2.24) is 0 Å². The van der Waals surface area contributed by atoms with E-state index in [1.54, 1.807) is 20.1 Å². The van der Waals surface area contributed by atoms with Crippen LogP contribution in [0.3, 0.4) is 0 Å². The van der Waals surface area contributed by atoms with E-state index in [4.69, 9.17) is 16.3 Å². The van der Waals surface area contributed by atoms with Crippen molar-refractivity contribution in [2.75, 3.05) is 19.0 Å². The lowest BCUT2D eigenvalue weighted by Crippen LogP contribution is -2.18. The molecular formula is C11H15ClN2O3. The molecule has 0 fully saturated rings. The molecule has 0 radical (unpaired) electrons. The van der Waals surface area contributed by atoms with Crippen LogP contribution < -0.4 is 5.32 Å². The number of nitrogens with one attached hydrogen (secondary N) is 1. The van der Waals surface area contributed by atoms with Gasteiger partial charge in [0.15, 0.2) is 0 Å². The molecule has 0 aromatic heterocycles. The van der Waals surface area contributed by atoms with Crippen LogP contribution in [0.25, 0.3) is 0 Å². The fourth-order valence-electron chi connectivity index (χ4n) is 1.33. The quantitative estimate of drug-likeness (QED) is 0.651. The number of hydrogen-bond donors (Lipinski definition) is 1. The predicted octanol–water partition coefficient (Wildman–Crippen LogP) is 3.00. The Balaban J connectivity index is 2.88. The van der Waals surface area contributed by atoms with Crippen molar-refractivity contribution >= 4 is 23.0 Å². The van der Waals surface area contributed by atoms with E-state index >= 15 is 0 Å². The van der Waals surface area contributed by atoms with E-state index < -0.39 is 4.92 Å². The molecule has 0 aliphatic heterocycles. The number of methoxy groups -OCH3 is 1. The van der Waals surface area contributed by atoms with Gasteiger partial charge in [-0.3, -0.25) is 10.1 Å². The first-order valence-corrected chi connectivity index (χ1v) is 5.54. The zero-order chi connectivity index (χ0) is 13.0. The second kappa shape index (κ2) is 5.84. The molecule has 0 spiro atoms. The van der Waals surface area contributed by atoms with Crippen LogP contribution in [-0.2, 0) is 4.74 Å². The minimum absolute atomic E-state index is 0.0587. The van der Waals surface area contributed by atoms with Gasteiger partial charge in [0.1, 0.15) is 5.02 Å². The van der Waals surface area contributed by atoms with Crippen LogP contribution in [0, 0.1) is 17.0 Å². The molecule has 0 amide bonds. The topological polar surface area (TPSA) is 64.4 Å². The highest BCUT2D eigenvalue weighted by Crippen LogP contribution is 2.30. The van der Waals surface area contributed by atoms with Gasteiger partial charge in [-0.05, 0) is 25.5 Å². The van der Waals surface area contributed by atoms with E-state index in [2.05, 4.69) is 5.32 Å². The normalized spacial score (nSPS) is 12.2. The van der Waals surface area contributed by atoms with Gasteiger partial charge in [-0.15, -0.1) is 0 Å². The van der Waals surface area contributed by atoms with Crippen molar-refractivity contribution < 1.29 is 9.66 Å². The fourth-order valence-corrected chi connectivity index (χ4v) is 1.57. The number of rotatable bonds is 5. The van der Waals surface area contributed by atoms with E-state index in [1.165, 1.54) is 6.07 Å². The van der Waals surface area contributed by atoms with Crippen LogP contribution in [0.1, 0.15) is 12.5 Å². The molecule has 1 aromatic carbocycles. The Labute approximate surface area is 105 Å². The van der Waals surface area contributed by atoms with Crippen molar-refractivity contribution in [2.45, 2.75) is 20.0 Å². The van der Waals surface area contributed by atoms with Gasteiger partial charge in [0, 0.05) is 25.4 Å². The Bertz CT molecular complexity index is 423. The molecule has 0 aliphatic carbocycles. The molecule has 1 N–H and O–H groups in total. The van der Waals surface area contributed by atoms with Gasteiger partial charge in [0.25, 0.3) is 5.69 Å². The van der Waals surface area contributed by atoms with Crippen molar-refractivity contribution in [3.63, 3.8) is 0 Å². The summed E-state index contributed by atoms with van der Waals surface area (Å²) in [7, 11) is 1.63. The Morgan fingerprint density at radius 1 is 1.59 bits per heavy atom. The maximum atomic E-state index is 10.7. The minimum atomic E-state index is -0.489. The monoisotopic (exact) mass is 258 g/mol. The summed E-state index contributed by atoms with van der Waals surface area (Å²) in [6.45, 7) is 4.34. The lowest BCUT2D eigenvalue weighted by Gasteiger charge is -2.14. The third kappa shape index (κ3) is 3.57. The summed E-state index contributed by atoms with van der Waals surface area (Å²) in [6.07, 6.45) is 0.0587.